The zero-order valence-electron chi connectivity index (χ0n) is 14.1. The number of hydrogen-bond acceptors (Lipinski definition) is 3. The summed E-state index contributed by atoms with van der Waals surface area (Å²) >= 11 is 4.78. The number of thioether (sulfide) groups is 1. The Morgan fingerprint density at radius 1 is 1.19 bits per heavy atom. The van der Waals surface area contributed by atoms with Gasteiger partial charge in [-0.3, -0.25) is 4.79 Å². The van der Waals surface area contributed by atoms with E-state index in [0.717, 1.165) is 21.3 Å². The zero-order chi connectivity index (χ0) is 18.5. The van der Waals surface area contributed by atoms with Crippen LogP contribution in [0.3, 0.4) is 0 Å². The number of imidazole rings is 1. The van der Waals surface area contributed by atoms with Crippen molar-refractivity contribution >= 4 is 33.6 Å². The normalized spacial score (nSPS) is 10.7. The highest BCUT2D eigenvalue weighted by molar-refractivity contribution is 9.10. The van der Waals surface area contributed by atoms with E-state index in [0.29, 0.717) is 11.7 Å². The second-order valence-electron chi connectivity index (χ2n) is 5.77. The molecule has 3 aromatic rings. The van der Waals surface area contributed by atoms with Crippen LogP contribution >= 0.6 is 27.7 Å². The summed E-state index contributed by atoms with van der Waals surface area (Å²) in [5.74, 6) is -0.0102. The van der Waals surface area contributed by atoms with Crippen molar-refractivity contribution in [2.45, 2.75) is 11.7 Å². The van der Waals surface area contributed by atoms with Crippen LogP contribution in [0, 0.1) is 5.82 Å². The fourth-order valence-corrected chi connectivity index (χ4v) is 3.40. The van der Waals surface area contributed by atoms with Gasteiger partial charge in [-0.05, 0) is 35.4 Å². The van der Waals surface area contributed by atoms with E-state index in [-0.39, 0.29) is 17.5 Å². The number of halogens is 2. The monoisotopic (exact) mass is 433 g/mol. The number of H-pyrrole nitrogens is 1. The summed E-state index contributed by atoms with van der Waals surface area (Å²) < 4.78 is 14.0. The molecule has 7 heteroatoms. The number of carbonyl (C=O) groups is 1. The van der Waals surface area contributed by atoms with Gasteiger partial charge in [-0.15, -0.1) is 0 Å². The highest BCUT2D eigenvalue weighted by atomic mass is 79.9. The number of nitrogens with one attached hydrogen (secondary N) is 1. The molecule has 1 aromatic heterocycles. The van der Waals surface area contributed by atoms with Crippen LogP contribution < -0.4 is 0 Å². The maximum Gasteiger partial charge on any atom is 0.233 e. The molecule has 4 nitrogen and oxygen atoms in total. The molecule has 3 rings (SSSR count). The van der Waals surface area contributed by atoms with Gasteiger partial charge in [-0.2, -0.15) is 0 Å². The molecule has 0 aliphatic heterocycles. The summed E-state index contributed by atoms with van der Waals surface area (Å²) in [5.41, 5.74) is 2.84. The van der Waals surface area contributed by atoms with E-state index < -0.39 is 0 Å². The Bertz CT molecular complexity index is 881. The highest BCUT2D eigenvalue weighted by Crippen LogP contribution is 2.23. The average Bonchev–Trinajstić information content (AvgIpc) is 3.11. The van der Waals surface area contributed by atoms with Gasteiger partial charge < -0.3 is 9.88 Å². The Morgan fingerprint density at radius 2 is 1.88 bits per heavy atom. The molecule has 0 saturated heterocycles. The molecule has 0 fully saturated rings. The Morgan fingerprint density at radius 3 is 2.58 bits per heavy atom. The lowest BCUT2D eigenvalue weighted by Crippen LogP contribution is -2.27. The lowest BCUT2D eigenvalue weighted by atomic mass is 10.2. The maximum atomic E-state index is 12.9. The molecule has 1 amide bonds. The molecule has 0 unspecified atom stereocenters. The molecule has 0 bridgehead atoms. The number of hydrogen-bond donors (Lipinski definition) is 1. The molecule has 1 N–H and O–H groups in total. The molecule has 1 heterocycles. The summed E-state index contributed by atoms with van der Waals surface area (Å²) in [6.07, 6.45) is 1.76. The van der Waals surface area contributed by atoms with Crippen molar-refractivity contribution in [2.24, 2.45) is 0 Å². The quantitative estimate of drug-likeness (QED) is 0.571. The average molecular weight is 434 g/mol. The van der Waals surface area contributed by atoms with Gasteiger partial charge in [0, 0.05) is 18.1 Å². The molecule has 0 radical (unpaired) electrons. The van der Waals surface area contributed by atoms with Gasteiger partial charge >= 0.3 is 0 Å². The topological polar surface area (TPSA) is 49.0 Å². The van der Waals surface area contributed by atoms with Crippen LogP contribution in [0.2, 0.25) is 0 Å². The van der Waals surface area contributed by atoms with Gasteiger partial charge in [0.05, 0.1) is 17.6 Å². The van der Waals surface area contributed by atoms with Gasteiger partial charge in [0.2, 0.25) is 5.91 Å². The summed E-state index contributed by atoms with van der Waals surface area (Å²) in [5, 5.41) is 0.700. The van der Waals surface area contributed by atoms with Gasteiger partial charge in [-0.25, -0.2) is 9.37 Å². The first-order valence-corrected chi connectivity index (χ1v) is 9.71. The summed E-state index contributed by atoms with van der Waals surface area (Å²) in [6, 6.07) is 14.1. The molecule has 26 heavy (non-hydrogen) atoms. The van der Waals surface area contributed by atoms with Crippen molar-refractivity contribution in [3.05, 3.63) is 70.6 Å². The molecular weight excluding hydrogens is 417 g/mol. The maximum absolute atomic E-state index is 12.9. The van der Waals surface area contributed by atoms with Gasteiger partial charge in [0.15, 0.2) is 5.16 Å². The number of rotatable bonds is 6. The predicted molar refractivity (Wildman–Crippen MR) is 105 cm³/mol. The highest BCUT2D eigenvalue weighted by Gasteiger charge is 2.12. The van der Waals surface area contributed by atoms with Gasteiger partial charge in [0.1, 0.15) is 5.82 Å². The first-order chi connectivity index (χ1) is 12.5. The molecule has 0 atom stereocenters. The molecule has 0 spiro atoms. The Hall–Kier alpha value is -2.12. The fraction of sp³-hybridized carbons (Fsp3) is 0.158. The van der Waals surface area contributed by atoms with Crippen LogP contribution in [0.1, 0.15) is 5.56 Å². The van der Waals surface area contributed by atoms with Crippen molar-refractivity contribution in [2.75, 3.05) is 12.8 Å². The number of aromatic amines is 1. The molecule has 0 aliphatic rings. The molecule has 0 aliphatic carbocycles. The van der Waals surface area contributed by atoms with Crippen molar-refractivity contribution in [3.8, 4) is 11.3 Å². The first-order valence-electron chi connectivity index (χ1n) is 7.93. The van der Waals surface area contributed by atoms with E-state index in [1.54, 1.807) is 30.3 Å². The van der Waals surface area contributed by atoms with Crippen molar-refractivity contribution in [1.29, 1.82) is 0 Å². The number of benzene rings is 2. The number of nitrogens with zero attached hydrogens (tertiary/aromatic N) is 2. The Labute approximate surface area is 164 Å². The minimum Gasteiger partial charge on any atom is -0.341 e. The van der Waals surface area contributed by atoms with E-state index in [1.807, 2.05) is 24.3 Å². The number of amides is 1. The van der Waals surface area contributed by atoms with Crippen molar-refractivity contribution in [3.63, 3.8) is 0 Å². The van der Waals surface area contributed by atoms with E-state index in [4.69, 9.17) is 0 Å². The van der Waals surface area contributed by atoms with Crippen molar-refractivity contribution in [1.82, 2.24) is 14.9 Å². The van der Waals surface area contributed by atoms with Crippen LogP contribution in [0.5, 0.6) is 0 Å². The molecular formula is C19H17BrFN3OS. The first kappa shape index (κ1) is 18.7. The minimum absolute atomic E-state index is 0.0130. The second kappa shape index (κ2) is 8.51. The predicted octanol–water partition coefficient (Wildman–Crippen LogP) is 4.73. The second-order valence-corrected chi connectivity index (χ2v) is 7.65. The Balaban J connectivity index is 1.54. The minimum atomic E-state index is -0.280. The lowest BCUT2D eigenvalue weighted by Gasteiger charge is -2.16. The lowest BCUT2D eigenvalue weighted by molar-refractivity contribution is -0.127. The smallest absolute Gasteiger partial charge is 0.233 e. The van der Waals surface area contributed by atoms with Gasteiger partial charge in [0.25, 0.3) is 0 Å². The van der Waals surface area contributed by atoms with Crippen LogP contribution in [-0.2, 0) is 11.3 Å². The third-order valence-electron chi connectivity index (χ3n) is 3.80. The zero-order valence-corrected chi connectivity index (χ0v) is 16.5. The molecule has 134 valence electrons. The van der Waals surface area contributed by atoms with Crippen molar-refractivity contribution < 1.29 is 9.18 Å². The molecule has 0 saturated carbocycles. The summed E-state index contributed by atoms with van der Waals surface area (Å²) in [7, 11) is 1.74. The van der Waals surface area contributed by atoms with E-state index in [1.165, 1.54) is 23.9 Å². The number of aromatic nitrogens is 2. The van der Waals surface area contributed by atoms with Crippen LogP contribution in [0.15, 0.2) is 64.4 Å². The third-order valence-corrected chi connectivity index (χ3v) is 5.20. The van der Waals surface area contributed by atoms with E-state index >= 15 is 0 Å². The SMILES string of the molecule is CN(Cc1ccc(F)cc1)C(=O)CSc1ncc(-c2ccc(Br)cc2)[nH]1. The summed E-state index contributed by atoms with van der Waals surface area (Å²) in [4.78, 5) is 21.5. The Kier molecular flexibility index (Phi) is 6.11. The standard InChI is InChI=1S/C19H17BrFN3OS/c1-24(11-13-2-8-16(21)9-3-13)18(25)12-26-19-22-10-17(23-19)14-4-6-15(20)7-5-14/h2-10H,11-12H2,1H3,(H,22,23). The fourth-order valence-electron chi connectivity index (χ4n) is 2.34. The van der Waals surface area contributed by atoms with Crippen LogP contribution in [-0.4, -0.2) is 33.6 Å². The third kappa shape index (κ3) is 4.95. The van der Waals surface area contributed by atoms with E-state index in [2.05, 4.69) is 25.9 Å². The molecule has 2 aromatic carbocycles. The van der Waals surface area contributed by atoms with Gasteiger partial charge in [-0.1, -0.05) is 52.0 Å². The summed E-state index contributed by atoms with van der Waals surface area (Å²) in [6.45, 7) is 0.446. The van der Waals surface area contributed by atoms with E-state index in [9.17, 15) is 9.18 Å². The van der Waals surface area contributed by atoms with Crippen LogP contribution in [0.4, 0.5) is 4.39 Å². The largest absolute Gasteiger partial charge is 0.341 e. The number of carbonyl (C=O) groups excluding carboxylic acids is 1. The van der Waals surface area contributed by atoms with Crippen LogP contribution in [0.25, 0.3) is 11.3 Å².